The van der Waals surface area contributed by atoms with Gasteiger partial charge in [-0.1, -0.05) is 0 Å². The molecule has 0 unspecified atom stereocenters. The Bertz CT molecular complexity index is 384. The molecule has 0 aromatic carbocycles. The second kappa shape index (κ2) is 3.87. The molecule has 0 radical (unpaired) electrons. The fraction of sp³-hybridized carbons (Fsp3) is 0.143. The van der Waals surface area contributed by atoms with E-state index in [4.69, 9.17) is 10.8 Å². The molecule has 76 valence electrons. The van der Waals surface area contributed by atoms with Crippen LogP contribution in [0.15, 0.2) is 10.5 Å². The predicted octanol–water partition coefficient (Wildman–Crippen LogP) is 2.06. The first-order chi connectivity index (χ1) is 6.43. The first kappa shape index (κ1) is 10.8. The molecule has 7 heteroatoms. The Balaban J connectivity index is 3.35. The van der Waals surface area contributed by atoms with Crippen LogP contribution in [0.5, 0.6) is 0 Å². The van der Waals surface area contributed by atoms with Gasteiger partial charge in [0.1, 0.15) is 5.69 Å². The third kappa shape index (κ3) is 1.98. The number of rotatable bonds is 2. The molecule has 0 amide bonds. The summed E-state index contributed by atoms with van der Waals surface area (Å²) < 4.78 is 24.4. The van der Waals surface area contributed by atoms with Gasteiger partial charge in [-0.3, -0.25) is 0 Å². The molecule has 0 spiro atoms. The van der Waals surface area contributed by atoms with E-state index in [1.807, 2.05) is 0 Å². The number of aromatic nitrogens is 1. The number of anilines is 1. The average Bonchev–Trinajstić information content (AvgIpc) is 2.08. The van der Waals surface area contributed by atoms with Crippen LogP contribution < -0.4 is 5.73 Å². The fourth-order valence-electron chi connectivity index (χ4n) is 0.823. The van der Waals surface area contributed by atoms with Crippen molar-refractivity contribution in [3.63, 3.8) is 0 Å². The van der Waals surface area contributed by atoms with Gasteiger partial charge in [0.05, 0.1) is 10.2 Å². The number of pyridine rings is 1. The third-order valence-corrected chi connectivity index (χ3v) is 2.27. The Labute approximate surface area is 85.9 Å². The van der Waals surface area contributed by atoms with Gasteiger partial charge in [0.15, 0.2) is 5.69 Å². The maximum atomic E-state index is 12.2. The maximum Gasteiger partial charge on any atom is 0.355 e. The van der Waals surface area contributed by atoms with Gasteiger partial charge in [0.2, 0.25) is 0 Å². The van der Waals surface area contributed by atoms with Crippen LogP contribution in [0.25, 0.3) is 0 Å². The molecule has 0 atom stereocenters. The summed E-state index contributed by atoms with van der Waals surface area (Å²) in [6.45, 7) is 0. The molecular formula is C7H5BrF2N2O2. The van der Waals surface area contributed by atoms with Gasteiger partial charge in [-0.2, -0.15) is 0 Å². The van der Waals surface area contributed by atoms with Crippen LogP contribution in [-0.2, 0) is 0 Å². The number of alkyl halides is 2. The van der Waals surface area contributed by atoms with Crippen molar-refractivity contribution >= 4 is 27.6 Å². The zero-order chi connectivity index (χ0) is 10.9. The summed E-state index contributed by atoms with van der Waals surface area (Å²) in [6.07, 6.45) is -2.84. The van der Waals surface area contributed by atoms with Gasteiger partial charge >= 0.3 is 5.97 Å². The van der Waals surface area contributed by atoms with E-state index in [1.165, 1.54) is 0 Å². The van der Waals surface area contributed by atoms with Gasteiger partial charge in [0.25, 0.3) is 6.43 Å². The van der Waals surface area contributed by atoms with Crippen molar-refractivity contribution < 1.29 is 18.7 Å². The van der Waals surface area contributed by atoms with Crippen molar-refractivity contribution in [2.24, 2.45) is 0 Å². The zero-order valence-corrected chi connectivity index (χ0v) is 8.25. The molecule has 0 saturated heterocycles. The Hall–Kier alpha value is -1.24. The van der Waals surface area contributed by atoms with E-state index in [2.05, 4.69) is 20.9 Å². The van der Waals surface area contributed by atoms with E-state index >= 15 is 0 Å². The average molecular weight is 267 g/mol. The largest absolute Gasteiger partial charge is 0.476 e. The Morgan fingerprint density at radius 3 is 2.64 bits per heavy atom. The molecule has 1 heterocycles. The van der Waals surface area contributed by atoms with E-state index in [-0.39, 0.29) is 10.2 Å². The van der Waals surface area contributed by atoms with Crippen LogP contribution in [-0.4, -0.2) is 16.1 Å². The minimum atomic E-state index is -2.84. The van der Waals surface area contributed by atoms with Crippen LogP contribution in [0.4, 0.5) is 14.5 Å². The topological polar surface area (TPSA) is 76.2 Å². The number of hydrogen-bond acceptors (Lipinski definition) is 3. The number of nitrogen functional groups attached to an aromatic ring is 1. The minimum Gasteiger partial charge on any atom is -0.476 e. The van der Waals surface area contributed by atoms with Gasteiger partial charge in [0, 0.05) is 0 Å². The van der Waals surface area contributed by atoms with Crippen LogP contribution >= 0.6 is 15.9 Å². The lowest BCUT2D eigenvalue weighted by Crippen LogP contribution is -2.07. The highest BCUT2D eigenvalue weighted by Crippen LogP contribution is 2.27. The molecule has 4 nitrogen and oxygen atoms in total. The molecule has 1 aromatic heterocycles. The smallest absolute Gasteiger partial charge is 0.355 e. The second-order valence-corrected chi connectivity index (χ2v) is 3.20. The molecular weight excluding hydrogens is 262 g/mol. The van der Waals surface area contributed by atoms with Crippen molar-refractivity contribution in [1.29, 1.82) is 0 Å². The molecule has 1 rings (SSSR count). The molecule has 0 aliphatic carbocycles. The lowest BCUT2D eigenvalue weighted by molar-refractivity contribution is 0.0687. The first-order valence-corrected chi connectivity index (χ1v) is 4.20. The summed E-state index contributed by atoms with van der Waals surface area (Å²) >= 11 is 2.85. The highest BCUT2D eigenvalue weighted by atomic mass is 79.9. The summed E-state index contributed by atoms with van der Waals surface area (Å²) in [5.41, 5.74) is 4.07. The van der Waals surface area contributed by atoms with E-state index in [9.17, 15) is 13.6 Å². The quantitative estimate of drug-likeness (QED) is 0.859. The summed E-state index contributed by atoms with van der Waals surface area (Å²) in [5.74, 6) is -1.41. The van der Waals surface area contributed by atoms with Crippen molar-refractivity contribution in [1.82, 2.24) is 4.98 Å². The number of nitrogens with two attached hydrogens (primary N) is 1. The van der Waals surface area contributed by atoms with Gasteiger partial charge in [-0.25, -0.2) is 18.6 Å². The number of carbonyl (C=O) groups is 1. The van der Waals surface area contributed by atoms with Gasteiger partial charge < -0.3 is 10.8 Å². The predicted molar refractivity (Wildman–Crippen MR) is 48.3 cm³/mol. The third-order valence-electron chi connectivity index (χ3n) is 1.43. The van der Waals surface area contributed by atoms with Crippen molar-refractivity contribution in [2.75, 3.05) is 5.73 Å². The van der Waals surface area contributed by atoms with E-state index in [0.29, 0.717) is 0 Å². The second-order valence-electron chi connectivity index (χ2n) is 2.40. The molecule has 14 heavy (non-hydrogen) atoms. The van der Waals surface area contributed by atoms with Crippen LogP contribution in [0.1, 0.15) is 22.6 Å². The standard InChI is InChI=1S/C7H5BrF2N2O2/c8-4-2(11)1-3(6(9)10)12-5(4)7(13)14/h1,6H,(H2,11,12)(H,13,14). The minimum absolute atomic E-state index is 0.00870. The van der Waals surface area contributed by atoms with Gasteiger partial charge in [-0.15, -0.1) is 0 Å². The van der Waals surface area contributed by atoms with E-state index < -0.39 is 23.8 Å². The molecule has 1 aromatic rings. The van der Waals surface area contributed by atoms with E-state index in [1.54, 1.807) is 0 Å². The highest BCUT2D eigenvalue weighted by Gasteiger charge is 2.18. The van der Waals surface area contributed by atoms with Crippen LogP contribution in [0.3, 0.4) is 0 Å². The highest BCUT2D eigenvalue weighted by molar-refractivity contribution is 9.10. The Morgan fingerprint density at radius 1 is 1.64 bits per heavy atom. The molecule has 0 aliphatic rings. The Morgan fingerprint density at radius 2 is 2.21 bits per heavy atom. The summed E-state index contributed by atoms with van der Waals surface area (Å²) in [7, 11) is 0. The number of halogens is 3. The normalized spacial score (nSPS) is 10.6. The maximum absolute atomic E-state index is 12.2. The first-order valence-electron chi connectivity index (χ1n) is 3.41. The summed E-state index contributed by atoms with van der Waals surface area (Å²) in [5, 5.41) is 8.60. The van der Waals surface area contributed by atoms with Crippen LogP contribution in [0.2, 0.25) is 0 Å². The fourth-order valence-corrected chi connectivity index (χ4v) is 1.20. The van der Waals surface area contributed by atoms with Crippen LogP contribution in [0, 0.1) is 0 Å². The number of carboxylic acids is 1. The summed E-state index contributed by atoms with van der Waals surface area (Å²) in [6, 6.07) is 0.932. The lowest BCUT2D eigenvalue weighted by atomic mass is 10.2. The molecule has 0 bridgehead atoms. The molecule has 3 N–H and O–H groups in total. The number of carboxylic acid groups (broad SMARTS) is 1. The van der Waals surface area contributed by atoms with E-state index in [0.717, 1.165) is 6.07 Å². The Kier molecular flexibility index (Phi) is 3.00. The molecule has 0 saturated carbocycles. The van der Waals surface area contributed by atoms with Crippen molar-refractivity contribution in [3.8, 4) is 0 Å². The molecule has 0 aliphatic heterocycles. The van der Waals surface area contributed by atoms with Gasteiger partial charge in [-0.05, 0) is 22.0 Å². The molecule has 0 fully saturated rings. The summed E-state index contributed by atoms with van der Waals surface area (Å²) in [4.78, 5) is 13.8. The number of hydrogen-bond donors (Lipinski definition) is 2. The monoisotopic (exact) mass is 266 g/mol. The lowest BCUT2D eigenvalue weighted by Gasteiger charge is -2.05. The SMILES string of the molecule is Nc1cc(C(F)F)nc(C(=O)O)c1Br. The zero-order valence-electron chi connectivity index (χ0n) is 6.67. The van der Waals surface area contributed by atoms with Crippen molar-refractivity contribution in [3.05, 3.63) is 21.9 Å². The van der Waals surface area contributed by atoms with Crippen molar-refractivity contribution in [2.45, 2.75) is 6.43 Å². The number of nitrogens with zero attached hydrogens (tertiary/aromatic N) is 1. The number of aromatic carboxylic acids is 1.